The minimum Gasteiger partial charge on any atom is -0.493 e. The van der Waals surface area contributed by atoms with Crippen LogP contribution < -0.4 is 14.8 Å². The van der Waals surface area contributed by atoms with Crippen LogP contribution in [0.1, 0.15) is 49.9 Å². The summed E-state index contributed by atoms with van der Waals surface area (Å²) in [6, 6.07) is 4.97. The quantitative estimate of drug-likeness (QED) is 0.766. The van der Waals surface area contributed by atoms with Crippen LogP contribution in [0.25, 0.3) is 0 Å². The first-order valence-corrected chi connectivity index (χ1v) is 8.82. The first kappa shape index (κ1) is 19.1. The van der Waals surface area contributed by atoms with Gasteiger partial charge in [-0.2, -0.15) is 0 Å². The van der Waals surface area contributed by atoms with Gasteiger partial charge in [-0.25, -0.2) is 4.79 Å². The van der Waals surface area contributed by atoms with Gasteiger partial charge >= 0.3 is 5.97 Å². The van der Waals surface area contributed by atoms with E-state index in [0.717, 1.165) is 19.3 Å². The summed E-state index contributed by atoms with van der Waals surface area (Å²) < 4.78 is 15.8. The van der Waals surface area contributed by atoms with Crippen LogP contribution >= 0.6 is 0 Å². The second-order valence-corrected chi connectivity index (χ2v) is 6.31. The molecule has 1 N–H and O–H groups in total. The number of benzene rings is 1. The summed E-state index contributed by atoms with van der Waals surface area (Å²) in [5.41, 5.74) is 0.322. The zero-order chi connectivity index (χ0) is 18.2. The Hall–Kier alpha value is -2.24. The maximum atomic E-state index is 12.2. The Bertz CT molecular complexity index is 601. The minimum atomic E-state index is -0.560. The van der Waals surface area contributed by atoms with E-state index in [-0.39, 0.29) is 18.6 Å². The average molecular weight is 349 g/mol. The van der Waals surface area contributed by atoms with Crippen LogP contribution in [-0.2, 0) is 9.53 Å². The highest BCUT2D eigenvalue weighted by Crippen LogP contribution is 2.28. The Kier molecular flexibility index (Phi) is 7.10. The third-order valence-electron chi connectivity index (χ3n) is 4.49. The van der Waals surface area contributed by atoms with E-state index < -0.39 is 5.97 Å². The molecule has 1 aromatic carbocycles. The van der Waals surface area contributed by atoms with E-state index >= 15 is 0 Å². The lowest BCUT2D eigenvalue weighted by Gasteiger charge is -2.29. The van der Waals surface area contributed by atoms with Crippen molar-refractivity contribution < 1.29 is 23.8 Å². The molecule has 6 nitrogen and oxygen atoms in total. The van der Waals surface area contributed by atoms with E-state index in [1.165, 1.54) is 13.5 Å². The molecule has 0 heterocycles. The number of carbonyl (C=O) groups excluding carboxylic acids is 2. The van der Waals surface area contributed by atoms with Crippen molar-refractivity contribution in [2.45, 2.75) is 45.6 Å². The molecule has 1 amide bonds. The van der Waals surface area contributed by atoms with E-state index in [1.807, 2.05) is 6.92 Å². The molecule has 0 spiro atoms. The second-order valence-electron chi connectivity index (χ2n) is 6.31. The van der Waals surface area contributed by atoms with Crippen LogP contribution in [0.2, 0.25) is 0 Å². The fourth-order valence-corrected chi connectivity index (χ4v) is 3.07. The summed E-state index contributed by atoms with van der Waals surface area (Å²) in [7, 11) is 1.53. The zero-order valence-electron chi connectivity index (χ0n) is 15.2. The normalized spacial score (nSPS) is 19.8. The average Bonchev–Trinajstić information content (AvgIpc) is 2.62. The molecule has 1 aliphatic carbocycles. The van der Waals surface area contributed by atoms with Crippen LogP contribution in [0.15, 0.2) is 18.2 Å². The monoisotopic (exact) mass is 349 g/mol. The fourth-order valence-electron chi connectivity index (χ4n) is 3.07. The number of amides is 1. The van der Waals surface area contributed by atoms with Gasteiger partial charge < -0.3 is 19.5 Å². The fraction of sp³-hybridized carbons (Fsp3) is 0.579. The minimum absolute atomic E-state index is 0.172. The maximum Gasteiger partial charge on any atom is 0.338 e. The highest BCUT2D eigenvalue weighted by Gasteiger charge is 2.23. The molecule has 0 aliphatic heterocycles. The summed E-state index contributed by atoms with van der Waals surface area (Å²) in [4.78, 5) is 24.2. The van der Waals surface area contributed by atoms with Crippen molar-refractivity contribution in [3.63, 3.8) is 0 Å². The largest absolute Gasteiger partial charge is 0.493 e. The van der Waals surface area contributed by atoms with E-state index in [0.29, 0.717) is 29.6 Å². The van der Waals surface area contributed by atoms with Gasteiger partial charge in [0.15, 0.2) is 18.1 Å². The van der Waals surface area contributed by atoms with E-state index in [1.54, 1.807) is 18.2 Å². The van der Waals surface area contributed by atoms with Crippen molar-refractivity contribution in [2.24, 2.45) is 5.92 Å². The van der Waals surface area contributed by atoms with Crippen LogP contribution in [0.3, 0.4) is 0 Å². The van der Waals surface area contributed by atoms with E-state index in [2.05, 4.69) is 12.2 Å². The molecule has 0 aromatic heterocycles. The Labute approximate surface area is 148 Å². The van der Waals surface area contributed by atoms with E-state index in [9.17, 15) is 9.59 Å². The van der Waals surface area contributed by atoms with Crippen molar-refractivity contribution in [2.75, 3.05) is 20.3 Å². The van der Waals surface area contributed by atoms with Gasteiger partial charge in [-0.05, 0) is 43.9 Å². The zero-order valence-corrected chi connectivity index (χ0v) is 15.2. The predicted octanol–water partition coefficient (Wildman–Crippen LogP) is 2.95. The molecule has 0 bridgehead atoms. The number of carbonyl (C=O) groups is 2. The molecule has 2 atom stereocenters. The Morgan fingerprint density at radius 2 is 1.96 bits per heavy atom. The number of esters is 1. The van der Waals surface area contributed by atoms with Crippen molar-refractivity contribution in [1.82, 2.24) is 5.32 Å². The molecule has 1 fully saturated rings. The number of rotatable bonds is 7. The molecule has 2 rings (SSSR count). The van der Waals surface area contributed by atoms with Gasteiger partial charge in [-0.15, -0.1) is 0 Å². The van der Waals surface area contributed by atoms with Crippen molar-refractivity contribution >= 4 is 11.9 Å². The molecular formula is C19H27NO5. The standard InChI is InChI=1S/C19H27NO5/c1-4-24-17-11-14(9-10-16(17)23-3)19(22)25-12-18(21)20-15-8-6-5-7-13(15)2/h9-11,13,15H,4-8,12H2,1-3H3,(H,20,21). The smallest absolute Gasteiger partial charge is 0.338 e. The summed E-state index contributed by atoms with van der Waals surface area (Å²) in [6.07, 6.45) is 4.44. The summed E-state index contributed by atoms with van der Waals surface area (Å²) in [5.74, 6) is 0.659. The van der Waals surface area contributed by atoms with Gasteiger partial charge in [0.2, 0.25) is 0 Å². The molecule has 2 unspecified atom stereocenters. The molecule has 25 heavy (non-hydrogen) atoms. The van der Waals surface area contributed by atoms with Gasteiger partial charge in [-0.1, -0.05) is 19.8 Å². The van der Waals surface area contributed by atoms with Gasteiger partial charge in [0.05, 0.1) is 19.3 Å². The lowest BCUT2D eigenvalue weighted by molar-refractivity contribution is -0.125. The van der Waals surface area contributed by atoms with E-state index in [4.69, 9.17) is 14.2 Å². The van der Waals surface area contributed by atoms with Crippen molar-refractivity contribution in [3.8, 4) is 11.5 Å². The molecule has 138 valence electrons. The first-order valence-electron chi connectivity index (χ1n) is 8.82. The van der Waals surface area contributed by atoms with Crippen LogP contribution in [0.4, 0.5) is 0 Å². The molecule has 6 heteroatoms. The van der Waals surface area contributed by atoms with Crippen LogP contribution in [0, 0.1) is 5.92 Å². The topological polar surface area (TPSA) is 73.9 Å². The highest BCUT2D eigenvalue weighted by molar-refractivity contribution is 5.92. The number of ether oxygens (including phenoxy) is 3. The van der Waals surface area contributed by atoms with Gasteiger partial charge in [0.25, 0.3) is 5.91 Å². The molecule has 0 saturated heterocycles. The third-order valence-corrected chi connectivity index (χ3v) is 4.49. The molecular weight excluding hydrogens is 322 g/mol. The molecule has 0 radical (unpaired) electrons. The predicted molar refractivity (Wildman–Crippen MR) is 94.0 cm³/mol. The Morgan fingerprint density at radius 3 is 2.64 bits per heavy atom. The lowest BCUT2D eigenvalue weighted by atomic mass is 9.86. The summed E-state index contributed by atoms with van der Waals surface area (Å²) >= 11 is 0. The third kappa shape index (κ3) is 5.37. The summed E-state index contributed by atoms with van der Waals surface area (Å²) in [5, 5.41) is 2.96. The van der Waals surface area contributed by atoms with Crippen LogP contribution in [0.5, 0.6) is 11.5 Å². The highest BCUT2D eigenvalue weighted by atomic mass is 16.5. The maximum absolute atomic E-state index is 12.2. The summed E-state index contributed by atoms with van der Waals surface area (Å²) in [6.45, 7) is 4.17. The SMILES string of the molecule is CCOc1cc(C(=O)OCC(=O)NC2CCCCC2C)ccc1OC. The van der Waals surface area contributed by atoms with Gasteiger partial charge in [0.1, 0.15) is 0 Å². The number of hydrogen-bond acceptors (Lipinski definition) is 5. The van der Waals surface area contributed by atoms with Crippen molar-refractivity contribution in [3.05, 3.63) is 23.8 Å². The number of hydrogen-bond donors (Lipinski definition) is 1. The van der Waals surface area contributed by atoms with Crippen molar-refractivity contribution in [1.29, 1.82) is 0 Å². The Morgan fingerprint density at radius 1 is 1.20 bits per heavy atom. The molecule has 1 aromatic rings. The molecule has 1 saturated carbocycles. The van der Waals surface area contributed by atoms with Gasteiger partial charge in [-0.3, -0.25) is 4.79 Å². The first-order chi connectivity index (χ1) is 12.0. The van der Waals surface area contributed by atoms with Gasteiger partial charge in [0, 0.05) is 6.04 Å². The second kappa shape index (κ2) is 9.30. The van der Waals surface area contributed by atoms with Crippen LogP contribution in [-0.4, -0.2) is 38.2 Å². The Balaban J connectivity index is 1.89. The lowest BCUT2D eigenvalue weighted by Crippen LogP contribution is -2.42. The number of nitrogens with one attached hydrogen (secondary N) is 1. The number of methoxy groups -OCH3 is 1. The molecule has 1 aliphatic rings.